The van der Waals surface area contributed by atoms with Crippen LogP contribution in [0.5, 0.6) is 0 Å². The second kappa shape index (κ2) is 63.0. The summed E-state index contributed by atoms with van der Waals surface area (Å²) < 4.78 is 23.0. The molecule has 0 aliphatic carbocycles. The largest absolute Gasteiger partial charge is 0.394 e. The summed E-state index contributed by atoms with van der Waals surface area (Å²) in [6, 6.07) is -0.830. The van der Waals surface area contributed by atoms with Gasteiger partial charge < -0.3 is 65.1 Å². The fourth-order valence-electron chi connectivity index (χ4n) is 13.4. The summed E-state index contributed by atoms with van der Waals surface area (Å²) in [4.78, 5) is 13.4. The van der Waals surface area contributed by atoms with Crippen molar-refractivity contribution in [3.05, 3.63) is 24.3 Å². The van der Waals surface area contributed by atoms with Crippen molar-refractivity contribution >= 4 is 5.91 Å². The number of aliphatic hydroxyl groups is 8. The van der Waals surface area contributed by atoms with Crippen molar-refractivity contribution in [3.63, 3.8) is 0 Å². The molecular weight excluding hydrogens is 1160 g/mol. The molecule has 2 rings (SSSR count). The number of unbranched alkanes of at least 4 members (excludes halogenated alkanes) is 50. The van der Waals surface area contributed by atoms with Crippen LogP contribution >= 0.6 is 0 Å². The molecule has 0 bridgehead atoms. The number of carbonyl (C=O) groups is 1. The fourth-order valence-corrected chi connectivity index (χ4v) is 13.4. The molecule has 2 aliphatic heterocycles. The molecule has 9 N–H and O–H groups in total. The molecule has 544 valence electrons. The van der Waals surface area contributed by atoms with E-state index in [2.05, 4.69) is 43.5 Å². The lowest BCUT2D eigenvalue weighted by Gasteiger charge is -2.46. The Morgan fingerprint density at radius 2 is 0.717 bits per heavy atom. The van der Waals surface area contributed by atoms with Gasteiger partial charge in [-0.2, -0.15) is 0 Å². The predicted octanol–water partition coefficient (Wildman–Crippen LogP) is 17.5. The van der Waals surface area contributed by atoms with E-state index in [-0.39, 0.29) is 12.5 Å². The molecule has 0 aromatic carbocycles. The number of carbonyl (C=O) groups excluding carboxylic acids is 1. The molecule has 2 fully saturated rings. The summed E-state index contributed by atoms with van der Waals surface area (Å²) in [5.74, 6) is -0.201. The third-order valence-corrected chi connectivity index (χ3v) is 19.7. The molecular formula is C78H149NO13. The Hall–Kier alpha value is -1.53. The number of rotatable bonds is 67. The Labute approximate surface area is 564 Å². The molecule has 12 atom stereocenters. The Kier molecular flexibility index (Phi) is 59.2. The van der Waals surface area contributed by atoms with Crippen LogP contribution in [-0.2, 0) is 23.7 Å². The smallest absolute Gasteiger partial charge is 0.220 e. The van der Waals surface area contributed by atoms with Gasteiger partial charge >= 0.3 is 0 Å². The molecule has 0 saturated carbocycles. The first kappa shape index (κ1) is 86.6. The molecule has 0 aromatic rings. The first-order chi connectivity index (χ1) is 45.1. The van der Waals surface area contributed by atoms with Gasteiger partial charge in [0.15, 0.2) is 12.6 Å². The zero-order valence-electron chi connectivity index (χ0n) is 59.6. The zero-order valence-corrected chi connectivity index (χ0v) is 59.6. The standard InChI is InChI=1S/C78H149NO13/c1-3-5-7-9-11-13-15-17-19-21-23-25-27-29-30-31-32-33-34-35-36-38-39-41-43-45-47-49-51-53-55-57-59-61-67(82)66(65-89-77-75(88)73(86)76(69(64-81)91-77)92-78-74(87)72(85)71(84)68(63-80)90-78)79-70(83)62-60-58-56-54-52-50-48-46-44-42-40-37-28-26-24-22-20-18-16-14-12-10-8-6-4-2/h16,18,22,24,66-69,71-78,80-82,84-88H,3-15,17,19-21,23,25-65H2,1-2H3,(H,79,83)/b18-16-,24-22-. The number of ether oxygens (including phenoxy) is 4. The molecule has 0 radical (unpaired) electrons. The van der Waals surface area contributed by atoms with E-state index in [1.807, 2.05) is 0 Å². The molecule has 0 aromatic heterocycles. The van der Waals surface area contributed by atoms with Gasteiger partial charge in [0, 0.05) is 6.42 Å². The Bertz CT molecular complexity index is 1640. The van der Waals surface area contributed by atoms with Gasteiger partial charge in [0.2, 0.25) is 5.91 Å². The van der Waals surface area contributed by atoms with Crippen molar-refractivity contribution in [2.24, 2.45) is 0 Å². The quantitative estimate of drug-likeness (QED) is 0.0204. The van der Waals surface area contributed by atoms with Gasteiger partial charge in [0.05, 0.1) is 32.0 Å². The molecule has 2 aliphatic rings. The van der Waals surface area contributed by atoms with Crippen LogP contribution in [0.2, 0.25) is 0 Å². The average molecular weight is 1310 g/mol. The number of aliphatic hydroxyl groups excluding tert-OH is 8. The van der Waals surface area contributed by atoms with Crippen molar-refractivity contribution in [2.75, 3.05) is 19.8 Å². The summed E-state index contributed by atoms with van der Waals surface area (Å²) in [6.45, 7) is 2.92. The monoisotopic (exact) mass is 1310 g/mol. The summed E-state index contributed by atoms with van der Waals surface area (Å²) in [5, 5.41) is 87.8. The first-order valence-electron chi connectivity index (χ1n) is 39.6. The number of amides is 1. The highest BCUT2D eigenvalue weighted by Crippen LogP contribution is 2.30. The third-order valence-electron chi connectivity index (χ3n) is 19.7. The second-order valence-electron chi connectivity index (χ2n) is 28.2. The molecule has 12 unspecified atom stereocenters. The number of hydrogen-bond donors (Lipinski definition) is 9. The Morgan fingerprint density at radius 1 is 0.391 bits per heavy atom. The number of nitrogens with one attached hydrogen (secondary N) is 1. The van der Waals surface area contributed by atoms with Crippen molar-refractivity contribution in [2.45, 2.75) is 447 Å². The maximum Gasteiger partial charge on any atom is 0.220 e. The van der Waals surface area contributed by atoms with Crippen LogP contribution in [0.4, 0.5) is 0 Å². The van der Waals surface area contributed by atoms with E-state index in [4.69, 9.17) is 18.9 Å². The van der Waals surface area contributed by atoms with E-state index in [1.165, 1.54) is 289 Å². The second-order valence-corrected chi connectivity index (χ2v) is 28.2. The first-order valence-corrected chi connectivity index (χ1v) is 39.6. The van der Waals surface area contributed by atoms with Crippen molar-refractivity contribution in [1.29, 1.82) is 0 Å². The fraction of sp³-hybridized carbons (Fsp3) is 0.936. The van der Waals surface area contributed by atoms with Crippen LogP contribution < -0.4 is 5.32 Å². The molecule has 92 heavy (non-hydrogen) atoms. The average Bonchev–Trinajstić information content (AvgIpc) is 0.865. The van der Waals surface area contributed by atoms with E-state index in [9.17, 15) is 45.6 Å². The van der Waals surface area contributed by atoms with Crippen molar-refractivity contribution in [1.82, 2.24) is 5.32 Å². The van der Waals surface area contributed by atoms with Crippen LogP contribution in [0.25, 0.3) is 0 Å². The lowest BCUT2D eigenvalue weighted by molar-refractivity contribution is -0.359. The van der Waals surface area contributed by atoms with E-state index >= 15 is 0 Å². The van der Waals surface area contributed by atoms with Gasteiger partial charge in [-0.05, 0) is 44.9 Å². The summed E-state index contributed by atoms with van der Waals surface area (Å²) in [7, 11) is 0. The van der Waals surface area contributed by atoms with Crippen molar-refractivity contribution in [3.8, 4) is 0 Å². The lowest BCUT2D eigenvalue weighted by atomic mass is 9.97. The van der Waals surface area contributed by atoms with Gasteiger partial charge in [-0.25, -0.2) is 0 Å². The van der Waals surface area contributed by atoms with Gasteiger partial charge in [0.25, 0.3) is 0 Å². The van der Waals surface area contributed by atoms with E-state index < -0.39 is 86.8 Å². The van der Waals surface area contributed by atoms with E-state index in [1.54, 1.807) is 0 Å². The van der Waals surface area contributed by atoms with Crippen LogP contribution in [0.1, 0.15) is 373 Å². The van der Waals surface area contributed by atoms with E-state index in [0.29, 0.717) is 12.8 Å². The molecule has 1 amide bonds. The topological polar surface area (TPSA) is 228 Å². The van der Waals surface area contributed by atoms with E-state index in [0.717, 1.165) is 57.8 Å². The predicted molar refractivity (Wildman–Crippen MR) is 378 cm³/mol. The van der Waals surface area contributed by atoms with Crippen LogP contribution in [0.15, 0.2) is 24.3 Å². The minimum Gasteiger partial charge on any atom is -0.394 e. The highest BCUT2D eigenvalue weighted by molar-refractivity contribution is 5.76. The highest BCUT2D eigenvalue weighted by Gasteiger charge is 2.51. The van der Waals surface area contributed by atoms with Gasteiger partial charge in [0.1, 0.15) is 48.8 Å². The highest BCUT2D eigenvalue weighted by atomic mass is 16.7. The van der Waals surface area contributed by atoms with Gasteiger partial charge in [-0.3, -0.25) is 4.79 Å². The molecule has 14 nitrogen and oxygen atoms in total. The molecule has 14 heteroatoms. The van der Waals surface area contributed by atoms with Gasteiger partial charge in [-0.1, -0.05) is 346 Å². The minimum atomic E-state index is -1.78. The van der Waals surface area contributed by atoms with Crippen LogP contribution in [-0.4, -0.2) is 140 Å². The maximum absolute atomic E-state index is 13.4. The molecule has 0 spiro atoms. The SMILES string of the molecule is CCCCCCC/C=C\C/C=C\CCCCCCCCCCCCCCCC(=O)NC(COC1OC(CO)C(OC2OC(CO)C(O)C(O)C2O)C(O)C1O)C(O)CCCCCCCCCCCCCCCCCCCCCCCCCCCCCCCCCCC. The lowest BCUT2D eigenvalue weighted by Crippen LogP contribution is -2.65. The number of allylic oxidation sites excluding steroid dienone is 4. The number of hydrogen-bond acceptors (Lipinski definition) is 13. The summed E-state index contributed by atoms with van der Waals surface area (Å²) >= 11 is 0. The Balaban J connectivity index is 1.61. The molecule has 2 saturated heterocycles. The minimum absolute atomic E-state index is 0.201. The summed E-state index contributed by atoms with van der Waals surface area (Å²) in [6.07, 6.45) is 63.6. The summed E-state index contributed by atoms with van der Waals surface area (Å²) in [5.41, 5.74) is 0. The molecule has 2 heterocycles. The normalized spacial score (nSPS) is 22.7. The van der Waals surface area contributed by atoms with Crippen molar-refractivity contribution < 1.29 is 64.6 Å². The van der Waals surface area contributed by atoms with Gasteiger partial charge in [-0.15, -0.1) is 0 Å². The Morgan fingerprint density at radius 3 is 1.09 bits per heavy atom. The van der Waals surface area contributed by atoms with Crippen LogP contribution in [0, 0.1) is 0 Å². The third kappa shape index (κ3) is 45.9. The van der Waals surface area contributed by atoms with Crippen LogP contribution in [0.3, 0.4) is 0 Å². The maximum atomic E-state index is 13.4. The zero-order chi connectivity index (χ0) is 66.6.